The second-order valence-corrected chi connectivity index (χ2v) is 8.47. The molecule has 1 saturated carbocycles. The number of nitrogens with zero attached hydrogens (tertiary/aromatic N) is 3. The molecule has 1 aliphatic rings. The Kier molecular flexibility index (Phi) is 9.63. The Hall–Kier alpha value is -2.08. The number of aliphatic imine (C=N–C) groups is 1. The number of nitrogens with one attached hydrogen (secondary N) is 2. The van der Waals surface area contributed by atoms with E-state index in [1.165, 1.54) is 11.1 Å². The van der Waals surface area contributed by atoms with Crippen LogP contribution in [0, 0.1) is 5.41 Å². The number of rotatable bonds is 10. The first-order valence-electron chi connectivity index (χ1n) is 11.5. The van der Waals surface area contributed by atoms with Crippen LogP contribution in [0.5, 0.6) is 0 Å². The van der Waals surface area contributed by atoms with E-state index in [0.29, 0.717) is 13.1 Å². The van der Waals surface area contributed by atoms with Gasteiger partial charge in [-0.1, -0.05) is 51.0 Å². The Bertz CT molecular complexity index is 691. The van der Waals surface area contributed by atoms with E-state index in [0.717, 1.165) is 57.8 Å². The predicted octanol–water partition coefficient (Wildman–Crippen LogP) is 3.23. The Morgan fingerprint density at radius 1 is 1.03 bits per heavy atom. The first-order valence-corrected chi connectivity index (χ1v) is 11.5. The lowest BCUT2D eigenvalue weighted by Gasteiger charge is -2.31. The minimum absolute atomic E-state index is 0.230. The van der Waals surface area contributed by atoms with E-state index in [1.807, 2.05) is 14.1 Å². The lowest BCUT2D eigenvalue weighted by Crippen LogP contribution is -2.49. The van der Waals surface area contributed by atoms with Crippen molar-refractivity contribution in [3.63, 3.8) is 0 Å². The second-order valence-electron chi connectivity index (χ2n) is 8.47. The van der Waals surface area contributed by atoms with Gasteiger partial charge in [0.05, 0.1) is 12.0 Å². The zero-order valence-corrected chi connectivity index (χ0v) is 19.6. The van der Waals surface area contributed by atoms with Crippen molar-refractivity contribution in [3.8, 4) is 0 Å². The maximum absolute atomic E-state index is 12.8. The summed E-state index contributed by atoms with van der Waals surface area (Å²) in [6.07, 6.45) is 4.13. The maximum Gasteiger partial charge on any atom is 0.230 e. The van der Waals surface area contributed by atoms with Gasteiger partial charge in [-0.25, -0.2) is 4.99 Å². The largest absolute Gasteiger partial charge is 0.357 e. The zero-order valence-electron chi connectivity index (χ0n) is 19.6. The molecule has 0 spiro atoms. The molecule has 0 bridgehead atoms. The van der Waals surface area contributed by atoms with Crippen LogP contribution in [-0.2, 0) is 17.9 Å². The minimum Gasteiger partial charge on any atom is -0.357 e. The quantitative estimate of drug-likeness (QED) is 0.455. The van der Waals surface area contributed by atoms with Crippen LogP contribution in [0.1, 0.15) is 57.6 Å². The van der Waals surface area contributed by atoms with Crippen LogP contribution in [0.15, 0.2) is 29.3 Å². The summed E-state index contributed by atoms with van der Waals surface area (Å²) in [4.78, 5) is 21.8. The Labute approximate surface area is 183 Å². The van der Waals surface area contributed by atoms with Crippen molar-refractivity contribution >= 4 is 11.9 Å². The second kappa shape index (κ2) is 11.9. The average Bonchev–Trinajstić information content (AvgIpc) is 3.24. The molecule has 168 valence electrons. The van der Waals surface area contributed by atoms with Crippen molar-refractivity contribution < 1.29 is 4.79 Å². The molecule has 0 radical (unpaired) electrons. The molecule has 1 aliphatic carbocycles. The van der Waals surface area contributed by atoms with Gasteiger partial charge in [0.15, 0.2) is 5.96 Å². The number of carbonyl (C=O) groups excluding carboxylic acids is 1. The normalized spacial score (nSPS) is 16.0. The predicted molar refractivity (Wildman–Crippen MR) is 125 cm³/mol. The van der Waals surface area contributed by atoms with E-state index in [-0.39, 0.29) is 11.3 Å². The maximum atomic E-state index is 12.8. The number of carbonyl (C=O) groups is 1. The molecule has 0 unspecified atom stereocenters. The van der Waals surface area contributed by atoms with E-state index in [4.69, 9.17) is 4.99 Å². The van der Waals surface area contributed by atoms with E-state index in [2.05, 4.69) is 60.6 Å². The Balaban J connectivity index is 2.10. The number of hydrogen-bond acceptors (Lipinski definition) is 3. The highest BCUT2D eigenvalue weighted by atomic mass is 16.2. The van der Waals surface area contributed by atoms with Gasteiger partial charge in [0.1, 0.15) is 0 Å². The van der Waals surface area contributed by atoms with Crippen LogP contribution in [0.25, 0.3) is 0 Å². The molecule has 0 atom stereocenters. The van der Waals surface area contributed by atoms with Gasteiger partial charge in [0, 0.05) is 33.7 Å². The van der Waals surface area contributed by atoms with E-state index >= 15 is 0 Å². The lowest BCUT2D eigenvalue weighted by atomic mass is 9.84. The summed E-state index contributed by atoms with van der Waals surface area (Å²) in [6.45, 7) is 11.6. The van der Waals surface area contributed by atoms with Gasteiger partial charge in [-0.15, -0.1) is 0 Å². The third-order valence-corrected chi connectivity index (χ3v) is 6.17. The van der Waals surface area contributed by atoms with Crippen LogP contribution < -0.4 is 10.6 Å². The van der Waals surface area contributed by atoms with Crippen LogP contribution in [0.3, 0.4) is 0 Å². The summed E-state index contributed by atoms with van der Waals surface area (Å²) in [5, 5.41) is 6.82. The molecule has 6 heteroatoms. The number of benzene rings is 1. The molecular formula is C24H41N5O. The third kappa shape index (κ3) is 6.46. The highest BCUT2D eigenvalue weighted by Gasteiger charge is 2.42. The highest BCUT2D eigenvalue weighted by Crippen LogP contribution is 2.38. The molecule has 6 nitrogen and oxygen atoms in total. The number of amides is 1. The van der Waals surface area contributed by atoms with Gasteiger partial charge >= 0.3 is 0 Å². The average molecular weight is 416 g/mol. The van der Waals surface area contributed by atoms with E-state index in [9.17, 15) is 4.79 Å². The van der Waals surface area contributed by atoms with Crippen molar-refractivity contribution in [3.05, 3.63) is 35.4 Å². The van der Waals surface area contributed by atoms with Crippen molar-refractivity contribution in [1.82, 2.24) is 20.4 Å². The zero-order chi connectivity index (χ0) is 22.0. The molecule has 2 rings (SSSR count). The number of guanidine groups is 1. The standard InChI is InChI=1S/C24H41N5O/c1-6-25-23(27-19-24(15-11-12-16-24)22(30)28(4)5)26-17-20-13-9-10-14-21(20)18-29(7-2)8-3/h9-10,13-14H,6-8,11-12,15-19H2,1-5H3,(H2,25,26,27). The summed E-state index contributed by atoms with van der Waals surface area (Å²) < 4.78 is 0. The van der Waals surface area contributed by atoms with Crippen LogP contribution in [0.2, 0.25) is 0 Å². The van der Waals surface area contributed by atoms with E-state index in [1.54, 1.807) is 4.90 Å². The van der Waals surface area contributed by atoms with Gasteiger partial charge in [0.2, 0.25) is 5.91 Å². The van der Waals surface area contributed by atoms with Crippen molar-refractivity contribution in [2.24, 2.45) is 10.4 Å². The third-order valence-electron chi connectivity index (χ3n) is 6.17. The van der Waals surface area contributed by atoms with E-state index < -0.39 is 0 Å². The molecule has 1 amide bonds. The monoisotopic (exact) mass is 415 g/mol. The molecule has 30 heavy (non-hydrogen) atoms. The van der Waals surface area contributed by atoms with Gasteiger partial charge in [0.25, 0.3) is 0 Å². The lowest BCUT2D eigenvalue weighted by molar-refractivity contribution is -0.138. The fourth-order valence-corrected chi connectivity index (χ4v) is 4.31. The first kappa shape index (κ1) is 24.2. The molecule has 2 N–H and O–H groups in total. The van der Waals surface area contributed by atoms with Crippen molar-refractivity contribution in [1.29, 1.82) is 0 Å². The first-order chi connectivity index (χ1) is 14.5. The molecular weight excluding hydrogens is 374 g/mol. The molecule has 1 fully saturated rings. The van der Waals surface area contributed by atoms with Crippen molar-refractivity contribution in [2.45, 2.75) is 59.5 Å². The molecule has 0 heterocycles. The Morgan fingerprint density at radius 3 is 2.23 bits per heavy atom. The smallest absolute Gasteiger partial charge is 0.230 e. The molecule has 0 aromatic heterocycles. The Morgan fingerprint density at radius 2 is 1.67 bits per heavy atom. The van der Waals surface area contributed by atoms with Crippen LogP contribution >= 0.6 is 0 Å². The summed E-state index contributed by atoms with van der Waals surface area (Å²) in [5.74, 6) is 1.01. The molecule has 0 saturated heterocycles. The van der Waals surface area contributed by atoms with Crippen LogP contribution in [-0.4, -0.2) is 61.9 Å². The fraction of sp³-hybridized carbons (Fsp3) is 0.667. The fourth-order valence-electron chi connectivity index (χ4n) is 4.31. The minimum atomic E-state index is -0.305. The molecule has 0 aliphatic heterocycles. The van der Waals surface area contributed by atoms with Gasteiger partial charge in [-0.2, -0.15) is 0 Å². The molecule has 1 aromatic carbocycles. The highest BCUT2D eigenvalue weighted by molar-refractivity contribution is 5.85. The summed E-state index contributed by atoms with van der Waals surface area (Å²) in [5.41, 5.74) is 2.28. The molecule has 1 aromatic rings. The summed E-state index contributed by atoms with van der Waals surface area (Å²) >= 11 is 0. The van der Waals surface area contributed by atoms with Gasteiger partial charge in [-0.3, -0.25) is 9.69 Å². The van der Waals surface area contributed by atoms with Crippen LogP contribution in [0.4, 0.5) is 0 Å². The topological polar surface area (TPSA) is 60.0 Å². The van der Waals surface area contributed by atoms with Gasteiger partial charge in [-0.05, 0) is 44.0 Å². The number of hydrogen-bond donors (Lipinski definition) is 2. The van der Waals surface area contributed by atoms with Crippen molar-refractivity contribution in [2.75, 3.05) is 40.3 Å². The summed E-state index contributed by atoms with van der Waals surface area (Å²) in [7, 11) is 3.71. The summed E-state index contributed by atoms with van der Waals surface area (Å²) in [6, 6.07) is 8.55. The SMILES string of the molecule is CCNC(=NCc1ccccc1CN(CC)CC)NCC1(C(=O)N(C)C)CCCC1. The van der Waals surface area contributed by atoms with Gasteiger partial charge < -0.3 is 15.5 Å².